The van der Waals surface area contributed by atoms with Gasteiger partial charge in [-0.3, -0.25) is 9.69 Å². The van der Waals surface area contributed by atoms with Crippen LogP contribution >= 0.6 is 0 Å². The Morgan fingerprint density at radius 2 is 1.81 bits per heavy atom. The Bertz CT molecular complexity index is 765. The number of nitrogens with zero attached hydrogens (tertiary/aromatic N) is 2. The molecule has 5 heteroatoms. The van der Waals surface area contributed by atoms with Crippen LogP contribution in [0.5, 0.6) is 0 Å². The van der Waals surface area contributed by atoms with E-state index in [4.69, 9.17) is 4.74 Å². The van der Waals surface area contributed by atoms with Gasteiger partial charge in [-0.15, -0.1) is 0 Å². The minimum absolute atomic E-state index is 0.0186. The number of amides is 1. The van der Waals surface area contributed by atoms with E-state index in [1.165, 1.54) is 12.1 Å². The third kappa shape index (κ3) is 3.64. The molecule has 2 aliphatic heterocycles. The Labute approximate surface area is 153 Å². The molecule has 4 nitrogen and oxygen atoms in total. The lowest BCUT2D eigenvalue weighted by Crippen LogP contribution is -2.42. The molecule has 136 valence electrons. The van der Waals surface area contributed by atoms with Crippen LogP contribution in [0.3, 0.4) is 0 Å². The molecule has 2 aliphatic rings. The van der Waals surface area contributed by atoms with Gasteiger partial charge in [0.2, 0.25) is 0 Å². The van der Waals surface area contributed by atoms with Crippen LogP contribution in [-0.2, 0) is 16.1 Å². The van der Waals surface area contributed by atoms with E-state index in [2.05, 4.69) is 4.90 Å². The molecule has 1 unspecified atom stereocenters. The van der Waals surface area contributed by atoms with Gasteiger partial charge in [-0.25, -0.2) is 4.39 Å². The highest BCUT2D eigenvalue weighted by Crippen LogP contribution is 2.35. The van der Waals surface area contributed by atoms with E-state index in [1.807, 2.05) is 47.4 Å². The molecule has 0 radical (unpaired) electrons. The van der Waals surface area contributed by atoms with Crippen molar-refractivity contribution in [2.24, 2.45) is 5.41 Å². The van der Waals surface area contributed by atoms with Crippen molar-refractivity contribution in [3.63, 3.8) is 0 Å². The molecule has 2 aromatic rings. The third-order valence-corrected chi connectivity index (χ3v) is 5.33. The summed E-state index contributed by atoms with van der Waals surface area (Å²) in [6.45, 7) is 4.03. The van der Waals surface area contributed by atoms with Crippen LogP contribution in [0.1, 0.15) is 12.0 Å². The normalized spacial score (nSPS) is 24.2. The van der Waals surface area contributed by atoms with E-state index >= 15 is 0 Å². The van der Waals surface area contributed by atoms with Gasteiger partial charge >= 0.3 is 0 Å². The van der Waals surface area contributed by atoms with Crippen molar-refractivity contribution in [1.82, 2.24) is 4.90 Å². The lowest BCUT2D eigenvalue weighted by atomic mass is 9.87. The summed E-state index contributed by atoms with van der Waals surface area (Å²) in [6.07, 6.45) is 0.991. The lowest BCUT2D eigenvalue weighted by Gasteiger charge is -2.32. The smallest absolute Gasteiger partial charge is 0.252 e. The van der Waals surface area contributed by atoms with Crippen molar-refractivity contribution in [2.75, 3.05) is 37.7 Å². The van der Waals surface area contributed by atoms with Gasteiger partial charge in [0.1, 0.15) is 12.4 Å². The molecule has 0 N–H and O–H groups in total. The van der Waals surface area contributed by atoms with E-state index in [9.17, 15) is 9.18 Å². The van der Waals surface area contributed by atoms with Gasteiger partial charge in [0.05, 0.1) is 6.61 Å². The predicted molar refractivity (Wildman–Crippen MR) is 98.3 cm³/mol. The van der Waals surface area contributed by atoms with Crippen LogP contribution in [0.2, 0.25) is 0 Å². The molecule has 1 spiro atoms. The fourth-order valence-electron chi connectivity index (χ4n) is 4.00. The quantitative estimate of drug-likeness (QED) is 0.849. The zero-order valence-corrected chi connectivity index (χ0v) is 14.7. The van der Waals surface area contributed by atoms with Gasteiger partial charge in [0.15, 0.2) is 0 Å². The molecule has 0 bridgehead atoms. The highest BCUT2D eigenvalue weighted by molar-refractivity contribution is 5.94. The number of carbonyl (C=O) groups excluding carboxylic acids is 1. The molecule has 2 aromatic carbocycles. The third-order valence-electron chi connectivity index (χ3n) is 5.33. The van der Waals surface area contributed by atoms with E-state index in [1.54, 1.807) is 0 Å². The number of likely N-dealkylation sites (tertiary alicyclic amines) is 1. The number of hydrogen-bond donors (Lipinski definition) is 0. The van der Waals surface area contributed by atoms with Crippen LogP contribution in [0, 0.1) is 11.2 Å². The van der Waals surface area contributed by atoms with Crippen molar-refractivity contribution in [3.8, 4) is 0 Å². The minimum atomic E-state index is -0.208. The standard InChI is InChI=1S/C21H23FN2O2/c22-18-8-6-17(7-9-18)12-23-11-10-21(14-23)15-24(20(25)13-26-16-21)19-4-2-1-3-5-19/h1-9H,10-16H2. The first kappa shape index (κ1) is 17.2. The van der Waals surface area contributed by atoms with Crippen LogP contribution in [0.15, 0.2) is 54.6 Å². The second-order valence-corrected chi connectivity index (χ2v) is 7.40. The molecular formula is C21H23FN2O2. The first-order chi connectivity index (χ1) is 12.6. The number of benzene rings is 2. The summed E-state index contributed by atoms with van der Waals surface area (Å²) < 4.78 is 18.8. The Morgan fingerprint density at radius 3 is 2.58 bits per heavy atom. The second kappa shape index (κ2) is 7.17. The number of anilines is 1. The molecule has 1 amide bonds. The Balaban J connectivity index is 1.49. The zero-order valence-electron chi connectivity index (χ0n) is 14.7. The van der Waals surface area contributed by atoms with Gasteiger partial charge in [-0.05, 0) is 42.8 Å². The summed E-state index contributed by atoms with van der Waals surface area (Å²) in [5.41, 5.74) is 1.98. The van der Waals surface area contributed by atoms with Gasteiger partial charge in [0.25, 0.3) is 5.91 Å². The summed E-state index contributed by atoms with van der Waals surface area (Å²) in [4.78, 5) is 16.8. The van der Waals surface area contributed by atoms with Crippen molar-refractivity contribution in [3.05, 3.63) is 66.0 Å². The van der Waals surface area contributed by atoms with Gasteiger partial charge in [-0.1, -0.05) is 30.3 Å². The van der Waals surface area contributed by atoms with Crippen molar-refractivity contribution < 1.29 is 13.9 Å². The van der Waals surface area contributed by atoms with Crippen LogP contribution in [0.4, 0.5) is 10.1 Å². The molecule has 4 rings (SSSR count). The van der Waals surface area contributed by atoms with Gasteiger partial charge in [-0.2, -0.15) is 0 Å². The van der Waals surface area contributed by atoms with Crippen LogP contribution in [-0.4, -0.2) is 43.7 Å². The Morgan fingerprint density at radius 1 is 1.04 bits per heavy atom. The zero-order chi connectivity index (χ0) is 18.0. The van der Waals surface area contributed by atoms with Crippen molar-refractivity contribution in [2.45, 2.75) is 13.0 Å². The van der Waals surface area contributed by atoms with E-state index < -0.39 is 0 Å². The number of hydrogen-bond acceptors (Lipinski definition) is 3. The predicted octanol–water partition coefficient (Wildman–Crippen LogP) is 3.08. The molecule has 0 aromatic heterocycles. The molecule has 1 atom stereocenters. The number of ether oxygens (including phenoxy) is 1. The largest absolute Gasteiger partial charge is 0.371 e. The topological polar surface area (TPSA) is 32.8 Å². The highest BCUT2D eigenvalue weighted by atomic mass is 19.1. The number of rotatable bonds is 3. The molecule has 2 heterocycles. The molecule has 2 saturated heterocycles. The van der Waals surface area contributed by atoms with Gasteiger partial charge < -0.3 is 9.64 Å². The van der Waals surface area contributed by atoms with E-state index in [-0.39, 0.29) is 23.7 Å². The van der Waals surface area contributed by atoms with Crippen molar-refractivity contribution in [1.29, 1.82) is 0 Å². The van der Waals surface area contributed by atoms with E-state index in [0.29, 0.717) is 13.2 Å². The molecule has 0 saturated carbocycles. The lowest BCUT2D eigenvalue weighted by molar-refractivity contribution is -0.122. The molecule has 0 aliphatic carbocycles. The fourth-order valence-corrected chi connectivity index (χ4v) is 4.00. The number of para-hydroxylation sites is 1. The summed E-state index contributed by atoms with van der Waals surface area (Å²) >= 11 is 0. The maximum Gasteiger partial charge on any atom is 0.252 e. The van der Waals surface area contributed by atoms with Gasteiger partial charge in [0, 0.05) is 30.7 Å². The molecule has 2 fully saturated rings. The van der Waals surface area contributed by atoms with Crippen LogP contribution < -0.4 is 4.90 Å². The van der Waals surface area contributed by atoms with Crippen molar-refractivity contribution >= 4 is 11.6 Å². The fraction of sp³-hybridized carbons (Fsp3) is 0.381. The first-order valence-corrected chi connectivity index (χ1v) is 9.04. The minimum Gasteiger partial charge on any atom is -0.371 e. The second-order valence-electron chi connectivity index (χ2n) is 7.40. The highest BCUT2D eigenvalue weighted by Gasteiger charge is 2.42. The monoisotopic (exact) mass is 354 g/mol. The average Bonchev–Trinajstić information content (AvgIpc) is 2.97. The average molecular weight is 354 g/mol. The SMILES string of the molecule is O=C1COCC2(CCN(Cc3ccc(F)cc3)C2)CN1c1ccccc1. The van der Waals surface area contributed by atoms with E-state index in [0.717, 1.165) is 37.3 Å². The summed E-state index contributed by atoms with van der Waals surface area (Å²) in [5.74, 6) is -0.189. The number of halogens is 1. The molecular weight excluding hydrogens is 331 g/mol. The summed E-state index contributed by atoms with van der Waals surface area (Å²) in [6, 6.07) is 16.5. The Hall–Kier alpha value is -2.24. The first-order valence-electron chi connectivity index (χ1n) is 9.04. The summed E-state index contributed by atoms with van der Waals surface area (Å²) in [5, 5.41) is 0. The molecule has 26 heavy (non-hydrogen) atoms. The van der Waals surface area contributed by atoms with Crippen LogP contribution in [0.25, 0.3) is 0 Å². The Kier molecular flexibility index (Phi) is 4.74. The number of carbonyl (C=O) groups is 1. The maximum atomic E-state index is 13.1. The maximum absolute atomic E-state index is 13.1. The summed E-state index contributed by atoms with van der Waals surface area (Å²) in [7, 11) is 0.